The minimum atomic E-state index is -0.308. The van der Waals surface area contributed by atoms with Crippen LogP contribution >= 0.6 is 0 Å². The molecule has 0 radical (unpaired) electrons. The van der Waals surface area contributed by atoms with Gasteiger partial charge in [0.05, 0.1) is 5.69 Å². The third kappa shape index (κ3) is 4.53. The van der Waals surface area contributed by atoms with Gasteiger partial charge in [-0.2, -0.15) is 0 Å². The van der Waals surface area contributed by atoms with Gasteiger partial charge >= 0.3 is 0 Å². The van der Waals surface area contributed by atoms with E-state index in [1.807, 2.05) is 26.0 Å². The second-order valence-electron chi connectivity index (χ2n) is 6.54. The van der Waals surface area contributed by atoms with E-state index < -0.39 is 0 Å². The lowest BCUT2D eigenvalue weighted by molar-refractivity contribution is 0.0948. The largest absolute Gasteiger partial charge is 0.457 e. The molecule has 140 valence electrons. The zero-order chi connectivity index (χ0) is 19.4. The van der Waals surface area contributed by atoms with Crippen LogP contribution in [0.15, 0.2) is 53.1 Å². The molecule has 6 heteroatoms. The van der Waals surface area contributed by atoms with Crippen molar-refractivity contribution in [2.75, 3.05) is 0 Å². The number of carbonyl (C=O) groups is 1. The molecule has 1 heterocycles. The third-order valence-electron chi connectivity index (χ3n) is 4.07. The summed E-state index contributed by atoms with van der Waals surface area (Å²) in [6.45, 7) is 6.04. The van der Waals surface area contributed by atoms with Crippen LogP contribution in [0.3, 0.4) is 0 Å². The molecule has 0 bridgehead atoms. The molecule has 2 aromatic carbocycles. The highest BCUT2D eigenvalue weighted by Gasteiger charge is 2.22. The first-order valence-electron chi connectivity index (χ1n) is 8.70. The summed E-state index contributed by atoms with van der Waals surface area (Å²) in [6, 6.07) is 13.2. The molecule has 27 heavy (non-hydrogen) atoms. The molecule has 0 spiro atoms. The van der Waals surface area contributed by atoms with Crippen LogP contribution in [0.1, 0.15) is 47.1 Å². The molecular formula is C21H21FN2O3. The molecule has 1 amide bonds. The van der Waals surface area contributed by atoms with Gasteiger partial charge < -0.3 is 14.6 Å². The van der Waals surface area contributed by atoms with Gasteiger partial charge in [-0.3, -0.25) is 4.79 Å². The molecule has 0 atom stereocenters. The molecule has 0 aliphatic heterocycles. The van der Waals surface area contributed by atoms with Crippen molar-refractivity contribution in [2.45, 2.75) is 33.2 Å². The minimum Gasteiger partial charge on any atom is -0.457 e. The zero-order valence-corrected chi connectivity index (χ0v) is 15.5. The first-order chi connectivity index (χ1) is 12.9. The Hall–Kier alpha value is -3.15. The number of rotatable bonds is 6. The van der Waals surface area contributed by atoms with Gasteiger partial charge in [0.2, 0.25) is 0 Å². The molecule has 3 aromatic rings. The maximum absolute atomic E-state index is 12.9. The van der Waals surface area contributed by atoms with Gasteiger partial charge in [-0.25, -0.2) is 4.39 Å². The average Bonchev–Trinajstić information content (AvgIpc) is 3.05. The van der Waals surface area contributed by atoms with E-state index in [0.717, 1.165) is 5.56 Å². The van der Waals surface area contributed by atoms with Gasteiger partial charge in [0.15, 0.2) is 5.76 Å². The number of nitrogens with zero attached hydrogens (tertiary/aromatic N) is 1. The quantitative estimate of drug-likeness (QED) is 0.667. The normalized spacial score (nSPS) is 10.9. The van der Waals surface area contributed by atoms with Crippen LogP contribution in [0.5, 0.6) is 11.5 Å². The summed E-state index contributed by atoms with van der Waals surface area (Å²) in [4.78, 5) is 12.5. The van der Waals surface area contributed by atoms with Crippen molar-refractivity contribution in [2.24, 2.45) is 0 Å². The summed E-state index contributed by atoms with van der Waals surface area (Å²) in [5, 5.41) is 6.79. The van der Waals surface area contributed by atoms with Crippen molar-refractivity contribution < 1.29 is 18.4 Å². The maximum Gasteiger partial charge on any atom is 0.257 e. The molecule has 1 N–H and O–H groups in total. The van der Waals surface area contributed by atoms with Gasteiger partial charge in [0, 0.05) is 12.5 Å². The van der Waals surface area contributed by atoms with Crippen LogP contribution in [0, 0.1) is 12.7 Å². The van der Waals surface area contributed by atoms with Crippen LogP contribution in [0.2, 0.25) is 0 Å². The van der Waals surface area contributed by atoms with Crippen molar-refractivity contribution in [1.29, 1.82) is 0 Å². The molecule has 3 rings (SSSR count). The third-order valence-corrected chi connectivity index (χ3v) is 4.07. The van der Waals surface area contributed by atoms with Crippen molar-refractivity contribution in [3.05, 3.63) is 76.9 Å². The van der Waals surface area contributed by atoms with Crippen LogP contribution in [0.4, 0.5) is 4.39 Å². The monoisotopic (exact) mass is 368 g/mol. The number of halogens is 1. The Morgan fingerprint density at radius 2 is 1.70 bits per heavy atom. The number of hydrogen-bond donors (Lipinski definition) is 1. The van der Waals surface area contributed by atoms with Crippen LogP contribution in [-0.2, 0) is 6.54 Å². The van der Waals surface area contributed by atoms with E-state index in [0.29, 0.717) is 35.1 Å². The molecule has 1 aromatic heterocycles. The van der Waals surface area contributed by atoms with E-state index in [1.165, 1.54) is 12.1 Å². The minimum absolute atomic E-state index is 0.0786. The standard InChI is InChI=1S/C21H21FN2O3/c1-13(2)20-19(14(3)24-27-20)21(25)23-12-15-4-8-17(9-5-15)26-18-10-6-16(22)7-11-18/h4-11,13H,12H2,1-3H3,(H,23,25). The van der Waals surface area contributed by atoms with E-state index in [1.54, 1.807) is 31.2 Å². The fourth-order valence-electron chi connectivity index (χ4n) is 2.64. The molecular weight excluding hydrogens is 347 g/mol. The molecule has 0 aliphatic rings. The number of amides is 1. The smallest absolute Gasteiger partial charge is 0.257 e. The van der Waals surface area contributed by atoms with E-state index in [4.69, 9.17) is 9.26 Å². The summed E-state index contributed by atoms with van der Waals surface area (Å²) >= 11 is 0. The van der Waals surface area contributed by atoms with Gasteiger partial charge in [0.1, 0.15) is 22.9 Å². The predicted molar refractivity (Wildman–Crippen MR) is 99.4 cm³/mol. The summed E-state index contributed by atoms with van der Waals surface area (Å²) in [5.41, 5.74) is 2.01. The van der Waals surface area contributed by atoms with E-state index >= 15 is 0 Å². The Morgan fingerprint density at radius 3 is 2.30 bits per heavy atom. The number of ether oxygens (including phenoxy) is 1. The Morgan fingerprint density at radius 1 is 1.11 bits per heavy atom. The highest BCUT2D eigenvalue weighted by atomic mass is 19.1. The molecule has 0 saturated carbocycles. The summed E-state index contributed by atoms with van der Waals surface area (Å²) < 4.78 is 23.8. The Kier molecular flexibility index (Phi) is 5.54. The summed E-state index contributed by atoms with van der Waals surface area (Å²) in [5.74, 6) is 1.35. The molecule has 0 saturated heterocycles. The molecule has 0 unspecified atom stereocenters. The fraction of sp³-hybridized carbons (Fsp3) is 0.238. The number of aromatic nitrogens is 1. The van der Waals surface area contributed by atoms with Crippen LogP contribution < -0.4 is 10.1 Å². The average molecular weight is 368 g/mol. The zero-order valence-electron chi connectivity index (χ0n) is 15.5. The number of hydrogen-bond acceptors (Lipinski definition) is 4. The van der Waals surface area contributed by atoms with Gasteiger partial charge in [-0.1, -0.05) is 31.1 Å². The van der Waals surface area contributed by atoms with E-state index in [2.05, 4.69) is 10.5 Å². The first kappa shape index (κ1) is 18.6. The number of aryl methyl sites for hydroxylation is 1. The van der Waals surface area contributed by atoms with Gasteiger partial charge in [0.25, 0.3) is 5.91 Å². The Labute approximate surface area is 157 Å². The van der Waals surface area contributed by atoms with Crippen molar-refractivity contribution in [3.63, 3.8) is 0 Å². The van der Waals surface area contributed by atoms with Gasteiger partial charge in [-0.15, -0.1) is 0 Å². The number of nitrogens with one attached hydrogen (secondary N) is 1. The number of carbonyl (C=O) groups excluding carboxylic acids is 1. The number of benzene rings is 2. The van der Waals surface area contributed by atoms with Crippen LogP contribution in [-0.4, -0.2) is 11.1 Å². The van der Waals surface area contributed by atoms with E-state index in [-0.39, 0.29) is 17.6 Å². The highest BCUT2D eigenvalue weighted by Crippen LogP contribution is 2.23. The van der Waals surface area contributed by atoms with Gasteiger partial charge in [-0.05, 0) is 48.9 Å². The first-order valence-corrected chi connectivity index (χ1v) is 8.70. The van der Waals surface area contributed by atoms with Crippen molar-refractivity contribution in [3.8, 4) is 11.5 Å². The lowest BCUT2D eigenvalue weighted by Gasteiger charge is -2.09. The SMILES string of the molecule is Cc1noc(C(C)C)c1C(=O)NCc1ccc(Oc2ccc(F)cc2)cc1. The molecule has 5 nitrogen and oxygen atoms in total. The Balaban J connectivity index is 1.61. The fourth-order valence-corrected chi connectivity index (χ4v) is 2.64. The second kappa shape index (κ2) is 8.03. The van der Waals surface area contributed by atoms with E-state index in [9.17, 15) is 9.18 Å². The summed E-state index contributed by atoms with van der Waals surface area (Å²) in [6.07, 6.45) is 0. The summed E-state index contributed by atoms with van der Waals surface area (Å²) in [7, 11) is 0. The van der Waals surface area contributed by atoms with Crippen molar-refractivity contribution >= 4 is 5.91 Å². The molecule has 0 aliphatic carbocycles. The van der Waals surface area contributed by atoms with Crippen molar-refractivity contribution in [1.82, 2.24) is 10.5 Å². The molecule has 0 fully saturated rings. The second-order valence-corrected chi connectivity index (χ2v) is 6.54. The topological polar surface area (TPSA) is 64.4 Å². The highest BCUT2D eigenvalue weighted by molar-refractivity contribution is 5.96. The lowest BCUT2D eigenvalue weighted by Crippen LogP contribution is -2.24. The van der Waals surface area contributed by atoms with Crippen LogP contribution in [0.25, 0.3) is 0 Å². The maximum atomic E-state index is 12.9. The predicted octanol–water partition coefficient (Wildman–Crippen LogP) is 4.97. The lowest BCUT2D eigenvalue weighted by atomic mass is 10.0. The Bertz CT molecular complexity index is 916.